The summed E-state index contributed by atoms with van der Waals surface area (Å²) in [5.74, 6) is 0.222. The monoisotopic (exact) mass is 575 g/mol. The summed E-state index contributed by atoms with van der Waals surface area (Å²) in [5.41, 5.74) is 4.88. The van der Waals surface area contributed by atoms with Crippen LogP contribution in [0, 0.1) is 0 Å². The predicted molar refractivity (Wildman–Crippen MR) is 165 cm³/mol. The Morgan fingerprint density at radius 2 is 1.57 bits per heavy atom. The molecule has 1 N–H and O–H groups in total. The number of nitrogens with zero attached hydrogens (tertiary/aromatic N) is 4. The first-order valence-electron chi connectivity index (χ1n) is 13.3. The maximum atomic E-state index is 14.0. The summed E-state index contributed by atoms with van der Waals surface area (Å²) in [6.45, 7) is 0.808. The van der Waals surface area contributed by atoms with Crippen LogP contribution < -0.4 is 10.9 Å². The van der Waals surface area contributed by atoms with Crippen molar-refractivity contribution in [3.63, 3.8) is 0 Å². The van der Waals surface area contributed by atoms with Gasteiger partial charge in [-0.1, -0.05) is 72.3 Å². The van der Waals surface area contributed by atoms with E-state index in [1.165, 1.54) is 0 Å². The lowest BCUT2D eigenvalue weighted by Crippen LogP contribution is -2.27. The van der Waals surface area contributed by atoms with Crippen LogP contribution in [0.4, 0.5) is 0 Å². The molecule has 208 valence electrons. The molecule has 0 fully saturated rings. The van der Waals surface area contributed by atoms with Crippen molar-refractivity contribution in [3.05, 3.63) is 130 Å². The fourth-order valence-electron chi connectivity index (χ4n) is 4.77. The van der Waals surface area contributed by atoms with Gasteiger partial charge in [0.1, 0.15) is 12.2 Å². The minimum atomic E-state index is -0.323. The molecule has 42 heavy (non-hydrogen) atoms. The molecular formula is C33H26ClN5O3. The number of nitrogens with one attached hydrogen (secondary N) is 1. The molecule has 2 aromatic heterocycles. The molecule has 2 heterocycles. The molecule has 0 aliphatic rings. The van der Waals surface area contributed by atoms with Crippen LogP contribution in [0.2, 0.25) is 5.02 Å². The van der Waals surface area contributed by atoms with Crippen LogP contribution in [-0.4, -0.2) is 45.3 Å². The minimum absolute atomic E-state index is 0.199. The van der Waals surface area contributed by atoms with Crippen molar-refractivity contribution in [2.24, 2.45) is 0 Å². The standard InChI is InChI=1S/C33H26ClN5O3/c1-42-19-18-35-32(40)25-8-5-9-28(20-25)38-21-36-29-31(38)37-30(39(33(29)41)27-16-14-26(34)15-17-27)24-12-10-23(11-13-24)22-6-3-2-4-7-22/h2-17,20-21H,18-19H2,1H3,(H,35,40). The quantitative estimate of drug-likeness (QED) is 0.227. The topological polar surface area (TPSA) is 91.0 Å². The van der Waals surface area contributed by atoms with Gasteiger partial charge in [0.2, 0.25) is 0 Å². The molecule has 4 aromatic carbocycles. The number of rotatable bonds is 8. The Morgan fingerprint density at radius 3 is 2.31 bits per heavy atom. The third kappa shape index (κ3) is 5.33. The van der Waals surface area contributed by atoms with Gasteiger partial charge < -0.3 is 10.1 Å². The van der Waals surface area contributed by atoms with Gasteiger partial charge in [-0.15, -0.1) is 0 Å². The third-order valence-corrected chi connectivity index (χ3v) is 7.14. The highest BCUT2D eigenvalue weighted by atomic mass is 35.5. The molecule has 0 aliphatic carbocycles. The molecule has 9 heteroatoms. The van der Waals surface area contributed by atoms with Gasteiger partial charge in [-0.2, -0.15) is 0 Å². The highest BCUT2D eigenvalue weighted by Gasteiger charge is 2.19. The van der Waals surface area contributed by atoms with Crippen LogP contribution in [0.1, 0.15) is 10.4 Å². The molecule has 1 amide bonds. The van der Waals surface area contributed by atoms with Gasteiger partial charge >= 0.3 is 0 Å². The Balaban J connectivity index is 1.49. The van der Waals surface area contributed by atoms with E-state index >= 15 is 0 Å². The second-order valence-electron chi connectivity index (χ2n) is 9.58. The number of fused-ring (bicyclic) bond motifs is 1. The van der Waals surface area contributed by atoms with Crippen molar-refractivity contribution in [1.82, 2.24) is 24.4 Å². The van der Waals surface area contributed by atoms with Crippen molar-refractivity contribution < 1.29 is 9.53 Å². The Hall–Kier alpha value is -5.05. The number of ether oxygens (including phenoxy) is 1. The van der Waals surface area contributed by atoms with Crippen molar-refractivity contribution in [2.75, 3.05) is 20.3 Å². The lowest BCUT2D eigenvalue weighted by atomic mass is 10.0. The summed E-state index contributed by atoms with van der Waals surface area (Å²) in [7, 11) is 1.58. The van der Waals surface area contributed by atoms with Crippen LogP contribution in [0.5, 0.6) is 0 Å². The zero-order chi connectivity index (χ0) is 29.1. The van der Waals surface area contributed by atoms with Crippen molar-refractivity contribution in [3.8, 4) is 33.9 Å². The summed E-state index contributed by atoms with van der Waals surface area (Å²) in [5, 5.41) is 3.39. The van der Waals surface area contributed by atoms with Crippen LogP contribution in [0.3, 0.4) is 0 Å². The van der Waals surface area contributed by atoms with Crippen molar-refractivity contribution in [1.29, 1.82) is 0 Å². The number of hydrogen-bond acceptors (Lipinski definition) is 5. The van der Waals surface area contributed by atoms with E-state index in [1.807, 2.05) is 60.7 Å². The highest BCUT2D eigenvalue weighted by Crippen LogP contribution is 2.27. The maximum absolute atomic E-state index is 14.0. The van der Waals surface area contributed by atoms with Crippen LogP contribution in [0.25, 0.3) is 45.1 Å². The van der Waals surface area contributed by atoms with Gasteiger partial charge in [0.05, 0.1) is 12.3 Å². The van der Waals surface area contributed by atoms with Crippen LogP contribution in [-0.2, 0) is 4.74 Å². The largest absolute Gasteiger partial charge is 0.383 e. The molecule has 0 radical (unpaired) electrons. The SMILES string of the molecule is COCCNC(=O)c1cccc(-n2cnc3c(=O)n(-c4ccc(Cl)cc4)c(-c4ccc(-c5ccccc5)cc4)nc32)c1. The average molecular weight is 576 g/mol. The third-order valence-electron chi connectivity index (χ3n) is 6.88. The lowest BCUT2D eigenvalue weighted by molar-refractivity contribution is 0.0937. The number of benzene rings is 4. The fraction of sp³-hybridized carbons (Fsp3) is 0.0909. The molecule has 6 rings (SSSR count). The Bertz CT molecular complexity index is 1930. The van der Waals surface area contributed by atoms with Gasteiger partial charge in [0, 0.05) is 35.5 Å². The Morgan fingerprint density at radius 1 is 0.857 bits per heavy atom. The van der Waals surface area contributed by atoms with Gasteiger partial charge in [0.25, 0.3) is 11.5 Å². The summed E-state index contributed by atoms with van der Waals surface area (Å²) in [6.07, 6.45) is 1.55. The minimum Gasteiger partial charge on any atom is -0.383 e. The van der Waals surface area contributed by atoms with Gasteiger partial charge in [-0.3, -0.25) is 18.7 Å². The van der Waals surface area contributed by atoms with E-state index in [-0.39, 0.29) is 17.0 Å². The molecule has 6 aromatic rings. The molecular weight excluding hydrogens is 550 g/mol. The van der Waals surface area contributed by atoms with Gasteiger partial charge in [-0.25, -0.2) is 9.97 Å². The number of methoxy groups -OCH3 is 1. The second-order valence-corrected chi connectivity index (χ2v) is 10.0. The first-order valence-corrected chi connectivity index (χ1v) is 13.7. The summed E-state index contributed by atoms with van der Waals surface area (Å²) < 4.78 is 8.29. The summed E-state index contributed by atoms with van der Waals surface area (Å²) in [6, 6.07) is 32.1. The predicted octanol–water partition coefficient (Wildman–Crippen LogP) is 5.94. The molecule has 0 saturated carbocycles. The van der Waals surface area contributed by atoms with Crippen molar-refractivity contribution >= 4 is 28.7 Å². The van der Waals surface area contributed by atoms with Crippen molar-refractivity contribution in [2.45, 2.75) is 0 Å². The normalized spacial score (nSPS) is 11.1. The fourth-order valence-corrected chi connectivity index (χ4v) is 4.90. The molecule has 0 unspecified atom stereocenters. The Labute approximate surface area is 246 Å². The summed E-state index contributed by atoms with van der Waals surface area (Å²) >= 11 is 6.15. The first kappa shape index (κ1) is 27.1. The van der Waals surface area contributed by atoms with Crippen LogP contribution in [0.15, 0.2) is 114 Å². The summed E-state index contributed by atoms with van der Waals surface area (Å²) in [4.78, 5) is 36.1. The number of carbonyl (C=O) groups is 1. The van der Waals surface area contributed by atoms with Gasteiger partial charge in [-0.05, 0) is 53.6 Å². The average Bonchev–Trinajstić information content (AvgIpc) is 3.47. The van der Waals surface area contributed by atoms with E-state index in [4.69, 9.17) is 21.3 Å². The molecule has 0 aliphatic heterocycles. The zero-order valence-electron chi connectivity index (χ0n) is 22.7. The second kappa shape index (κ2) is 11.8. The van der Waals surface area contributed by atoms with E-state index in [2.05, 4.69) is 10.3 Å². The lowest BCUT2D eigenvalue weighted by Gasteiger charge is -2.14. The van der Waals surface area contributed by atoms with E-state index in [0.29, 0.717) is 46.6 Å². The van der Waals surface area contributed by atoms with E-state index in [1.54, 1.807) is 65.0 Å². The molecule has 8 nitrogen and oxygen atoms in total. The number of aromatic nitrogens is 4. The number of amides is 1. The molecule has 0 saturated heterocycles. The van der Waals surface area contributed by atoms with E-state index < -0.39 is 0 Å². The highest BCUT2D eigenvalue weighted by molar-refractivity contribution is 6.30. The number of halogens is 1. The maximum Gasteiger partial charge on any atom is 0.286 e. The van der Waals surface area contributed by atoms with Gasteiger partial charge in [0.15, 0.2) is 11.2 Å². The molecule has 0 bridgehead atoms. The Kier molecular flexibility index (Phi) is 7.64. The molecule has 0 spiro atoms. The van der Waals surface area contributed by atoms with E-state index in [0.717, 1.165) is 16.7 Å². The number of imidazole rings is 1. The smallest absolute Gasteiger partial charge is 0.286 e. The number of carbonyl (C=O) groups excluding carboxylic acids is 1. The zero-order valence-corrected chi connectivity index (χ0v) is 23.5. The van der Waals surface area contributed by atoms with Crippen LogP contribution >= 0.6 is 11.6 Å². The molecule has 0 atom stereocenters. The van der Waals surface area contributed by atoms with E-state index in [9.17, 15) is 9.59 Å². The first-order chi connectivity index (χ1) is 20.5. The number of hydrogen-bond donors (Lipinski definition) is 1.